The number of aliphatic hydroxyl groups is 1. The summed E-state index contributed by atoms with van der Waals surface area (Å²) in [6, 6.07) is 11.7. The van der Waals surface area contributed by atoms with Crippen LogP contribution < -0.4 is 4.74 Å². The Morgan fingerprint density at radius 2 is 1.95 bits per heavy atom. The van der Waals surface area contributed by atoms with Gasteiger partial charge in [0, 0.05) is 16.9 Å². The van der Waals surface area contributed by atoms with Crippen molar-refractivity contribution in [3.63, 3.8) is 0 Å². The Bertz CT molecular complexity index is 564. The van der Waals surface area contributed by atoms with E-state index in [0.717, 1.165) is 11.3 Å². The predicted molar refractivity (Wildman–Crippen MR) is 84.5 cm³/mol. The standard InChI is InChI=1S/C17H18O3S/c18-10-2-1-4-15-6-8-16(9-7-15)20-12-11-19-14-17-5-3-13-21-17/h3,5-9,13,18H,2,10-12,14H2. The number of aliphatic hydroxyl groups excluding tert-OH is 1. The molecule has 0 bridgehead atoms. The molecule has 0 fully saturated rings. The van der Waals surface area contributed by atoms with Crippen LogP contribution in [0.4, 0.5) is 0 Å². The molecule has 1 aromatic carbocycles. The van der Waals surface area contributed by atoms with Gasteiger partial charge in [-0.3, -0.25) is 0 Å². The first-order valence-electron chi connectivity index (χ1n) is 6.81. The summed E-state index contributed by atoms with van der Waals surface area (Å²) in [5, 5.41) is 10.7. The van der Waals surface area contributed by atoms with Crippen LogP contribution in [0.25, 0.3) is 0 Å². The molecule has 3 nitrogen and oxygen atoms in total. The van der Waals surface area contributed by atoms with Crippen molar-refractivity contribution in [1.82, 2.24) is 0 Å². The van der Waals surface area contributed by atoms with Gasteiger partial charge in [0.25, 0.3) is 0 Å². The fraction of sp³-hybridized carbons (Fsp3) is 0.294. The van der Waals surface area contributed by atoms with E-state index in [0.29, 0.717) is 26.2 Å². The highest BCUT2D eigenvalue weighted by Crippen LogP contribution is 2.12. The molecule has 0 amide bonds. The van der Waals surface area contributed by atoms with E-state index in [1.54, 1.807) is 11.3 Å². The monoisotopic (exact) mass is 302 g/mol. The number of thiophene rings is 1. The normalized spacial score (nSPS) is 9.95. The first-order chi connectivity index (χ1) is 10.4. The first kappa shape index (κ1) is 15.6. The second kappa shape index (κ2) is 9.19. The quantitative estimate of drug-likeness (QED) is 0.631. The maximum atomic E-state index is 8.66. The van der Waals surface area contributed by atoms with Crippen LogP contribution in [0.3, 0.4) is 0 Å². The van der Waals surface area contributed by atoms with Gasteiger partial charge in [0.2, 0.25) is 0 Å². The van der Waals surface area contributed by atoms with E-state index in [1.807, 2.05) is 35.7 Å². The molecule has 2 aromatic rings. The van der Waals surface area contributed by atoms with Gasteiger partial charge in [-0.05, 0) is 35.7 Å². The van der Waals surface area contributed by atoms with Crippen molar-refractivity contribution < 1.29 is 14.6 Å². The highest BCUT2D eigenvalue weighted by Gasteiger charge is 1.96. The molecule has 4 heteroatoms. The minimum absolute atomic E-state index is 0.0969. The molecule has 0 spiro atoms. The van der Waals surface area contributed by atoms with Gasteiger partial charge >= 0.3 is 0 Å². The molecule has 0 aliphatic carbocycles. The molecule has 1 N–H and O–H groups in total. The zero-order valence-corrected chi connectivity index (χ0v) is 12.6. The molecule has 0 radical (unpaired) electrons. The Balaban J connectivity index is 1.65. The summed E-state index contributed by atoms with van der Waals surface area (Å²) in [6.07, 6.45) is 0.500. The lowest BCUT2D eigenvalue weighted by Crippen LogP contribution is -2.06. The van der Waals surface area contributed by atoms with Gasteiger partial charge in [-0.25, -0.2) is 0 Å². The zero-order valence-electron chi connectivity index (χ0n) is 11.7. The van der Waals surface area contributed by atoms with Gasteiger partial charge in [-0.15, -0.1) is 11.3 Å². The summed E-state index contributed by atoms with van der Waals surface area (Å²) in [6.45, 7) is 1.83. The van der Waals surface area contributed by atoms with Crippen molar-refractivity contribution in [2.45, 2.75) is 13.0 Å². The molecule has 0 aliphatic heterocycles. The lowest BCUT2D eigenvalue weighted by atomic mass is 10.2. The van der Waals surface area contributed by atoms with Crippen LogP contribution in [0.2, 0.25) is 0 Å². The smallest absolute Gasteiger partial charge is 0.119 e. The van der Waals surface area contributed by atoms with E-state index in [-0.39, 0.29) is 6.61 Å². The summed E-state index contributed by atoms with van der Waals surface area (Å²) in [5.41, 5.74) is 0.921. The Hall–Kier alpha value is -1.80. The van der Waals surface area contributed by atoms with Crippen molar-refractivity contribution in [3.05, 3.63) is 52.2 Å². The molecule has 1 aromatic heterocycles. The maximum absolute atomic E-state index is 8.66. The zero-order chi connectivity index (χ0) is 14.8. The number of rotatable bonds is 7. The largest absolute Gasteiger partial charge is 0.491 e. The number of benzene rings is 1. The van der Waals surface area contributed by atoms with Crippen LogP contribution in [0, 0.1) is 11.8 Å². The highest BCUT2D eigenvalue weighted by molar-refractivity contribution is 7.09. The number of ether oxygens (including phenoxy) is 2. The van der Waals surface area contributed by atoms with Gasteiger partial charge in [0.05, 0.1) is 19.8 Å². The topological polar surface area (TPSA) is 38.7 Å². The molecule has 0 atom stereocenters. The van der Waals surface area contributed by atoms with Crippen LogP contribution in [0.5, 0.6) is 5.75 Å². The van der Waals surface area contributed by atoms with Crippen molar-refractivity contribution in [2.75, 3.05) is 19.8 Å². The molecule has 2 rings (SSSR count). The second-order valence-electron chi connectivity index (χ2n) is 4.28. The summed E-state index contributed by atoms with van der Waals surface area (Å²) < 4.78 is 11.1. The molecule has 0 saturated heterocycles. The van der Waals surface area contributed by atoms with Crippen LogP contribution in [-0.2, 0) is 11.3 Å². The van der Waals surface area contributed by atoms with Gasteiger partial charge < -0.3 is 14.6 Å². The third kappa shape index (κ3) is 6.01. The molecule has 110 valence electrons. The van der Waals surface area contributed by atoms with Crippen molar-refractivity contribution in [3.8, 4) is 17.6 Å². The summed E-state index contributed by atoms with van der Waals surface area (Å²) in [7, 11) is 0. The van der Waals surface area contributed by atoms with Gasteiger partial charge in [0.1, 0.15) is 12.4 Å². The molecule has 0 saturated carbocycles. The molecule has 0 unspecified atom stereocenters. The van der Waals surface area contributed by atoms with E-state index < -0.39 is 0 Å². The molecule has 1 heterocycles. The minimum atomic E-state index is 0.0969. The third-order valence-electron chi connectivity index (χ3n) is 2.64. The summed E-state index contributed by atoms with van der Waals surface area (Å²) >= 11 is 1.69. The second-order valence-corrected chi connectivity index (χ2v) is 5.31. The average molecular weight is 302 g/mol. The molecular weight excluding hydrogens is 284 g/mol. The molecular formula is C17H18O3S. The summed E-state index contributed by atoms with van der Waals surface area (Å²) in [4.78, 5) is 1.22. The van der Waals surface area contributed by atoms with Crippen molar-refractivity contribution in [2.24, 2.45) is 0 Å². The third-order valence-corrected chi connectivity index (χ3v) is 3.49. The predicted octanol–water partition coefficient (Wildman–Crippen LogP) is 3.08. The van der Waals surface area contributed by atoms with Gasteiger partial charge in [0.15, 0.2) is 0 Å². The van der Waals surface area contributed by atoms with Crippen LogP contribution in [0.15, 0.2) is 41.8 Å². The Kier molecular flexibility index (Phi) is 6.82. The van der Waals surface area contributed by atoms with Crippen LogP contribution in [0.1, 0.15) is 16.9 Å². The number of hydrogen-bond donors (Lipinski definition) is 1. The minimum Gasteiger partial charge on any atom is -0.491 e. The molecule has 21 heavy (non-hydrogen) atoms. The lowest BCUT2D eigenvalue weighted by molar-refractivity contribution is 0.0905. The van der Waals surface area contributed by atoms with Crippen molar-refractivity contribution in [1.29, 1.82) is 0 Å². The Morgan fingerprint density at radius 3 is 2.67 bits per heavy atom. The highest BCUT2D eigenvalue weighted by atomic mass is 32.1. The van der Waals surface area contributed by atoms with Gasteiger partial charge in [-0.1, -0.05) is 17.9 Å². The van der Waals surface area contributed by atoms with E-state index in [1.165, 1.54) is 4.88 Å². The van der Waals surface area contributed by atoms with Crippen molar-refractivity contribution >= 4 is 11.3 Å². The summed E-state index contributed by atoms with van der Waals surface area (Å²) in [5.74, 6) is 6.67. The number of hydrogen-bond acceptors (Lipinski definition) is 4. The van der Waals surface area contributed by atoms with E-state index in [9.17, 15) is 0 Å². The van der Waals surface area contributed by atoms with E-state index in [4.69, 9.17) is 14.6 Å². The maximum Gasteiger partial charge on any atom is 0.119 e. The average Bonchev–Trinajstić information content (AvgIpc) is 3.02. The van der Waals surface area contributed by atoms with Crippen LogP contribution in [-0.4, -0.2) is 24.9 Å². The molecule has 0 aliphatic rings. The lowest BCUT2D eigenvalue weighted by Gasteiger charge is -2.06. The SMILES string of the molecule is OCCC#Cc1ccc(OCCOCc2cccs2)cc1. The van der Waals surface area contributed by atoms with Gasteiger partial charge in [-0.2, -0.15) is 0 Å². The Morgan fingerprint density at radius 1 is 1.10 bits per heavy atom. The Labute approximate surface area is 129 Å². The van der Waals surface area contributed by atoms with Crippen LogP contribution >= 0.6 is 11.3 Å². The fourth-order valence-electron chi connectivity index (χ4n) is 1.64. The fourth-order valence-corrected chi connectivity index (χ4v) is 2.28. The first-order valence-corrected chi connectivity index (χ1v) is 7.69. The van der Waals surface area contributed by atoms with E-state index in [2.05, 4.69) is 17.9 Å². The van der Waals surface area contributed by atoms with E-state index >= 15 is 0 Å².